The van der Waals surface area contributed by atoms with Crippen LogP contribution in [0.25, 0.3) is 0 Å². The molecule has 1 amide bonds. The maximum atomic E-state index is 14.5. The van der Waals surface area contributed by atoms with Crippen LogP contribution in [0.2, 0.25) is 0 Å². The summed E-state index contributed by atoms with van der Waals surface area (Å²) in [5, 5.41) is 33.0. The van der Waals surface area contributed by atoms with E-state index in [0.29, 0.717) is 63.7 Å². The van der Waals surface area contributed by atoms with Gasteiger partial charge in [-0.15, -0.1) is 0 Å². The number of piperidine rings is 1. The van der Waals surface area contributed by atoms with Crippen molar-refractivity contribution in [2.75, 3.05) is 88.5 Å². The third-order valence-corrected chi connectivity index (χ3v) is 16.4. The van der Waals surface area contributed by atoms with Crippen LogP contribution in [-0.4, -0.2) is 187 Å². The molecule has 466 valence electrons. The largest absolute Gasteiger partial charge is 0.460 e. The van der Waals surface area contributed by atoms with Crippen LogP contribution in [0, 0.1) is 35.5 Å². The number of Topliss-reactive ketones (excluding diaryl/α,β-unsaturated/α-hetero) is 3. The fraction of sp³-hybridized carbons (Fsp3) is 0.794. The number of aliphatic hydroxyl groups is 2. The third-order valence-electron chi connectivity index (χ3n) is 16.4. The topological polar surface area (TPSA) is 230 Å². The van der Waals surface area contributed by atoms with Crippen molar-refractivity contribution in [2.45, 2.75) is 200 Å². The lowest BCUT2D eigenvalue weighted by molar-refractivity contribution is -0.265. The molecule has 0 aromatic rings. The number of hydrogen-bond acceptors (Lipinski definition) is 17. The number of aliphatic hydroxyl groups excluding tert-OH is 1. The van der Waals surface area contributed by atoms with E-state index in [1.165, 1.54) is 18.4 Å². The number of esters is 1. The van der Waals surface area contributed by atoms with Gasteiger partial charge in [0, 0.05) is 78.2 Å². The number of likely N-dealkylation sites (N-methyl/N-ethyl adjacent to an activating group) is 2. The molecule has 1 aliphatic carbocycles. The first-order chi connectivity index (χ1) is 38.6. The molecule has 81 heavy (non-hydrogen) atoms. The van der Waals surface area contributed by atoms with E-state index in [2.05, 4.69) is 29.8 Å². The first-order valence-corrected chi connectivity index (χ1v) is 30.2. The number of nitrogens with zero attached hydrogens (tertiary/aromatic N) is 1. The van der Waals surface area contributed by atoms with E-state index in [9.17, 15) is 34.2 Å². The molecule has 18 nitrogen and oxygen atoms in total. The Bertz CT molecular complexity index is 1970. The molecule has 4 aliphatic rings. The summed E-state index contributed by atoms with van der Waals surface area (Å²) >= 11 is 0. The van der Waals surface area contributed by atoms with Crippen molar-refractivity contribution in [3.05, 3.63) is 47.6 Å². The fourth-order valence-corrected chi connectivity index (χ4v) is 11.3. The number of ketones is 3. The number of carbonyl (C=O) groups is 5. The number of amides is 1. The van der Waals surface area contributed by atoms with Crippen molar-refractivity contribution in [2.24, 2.45) is 35.5 Å². The summed E-state index contributed by atoms with van der Waals surface area (Å²) in [5.74, 6) is -7.59. The highest BCUT2D eigenvalue weighted by Gasteiger charge is 2.53. The van der Waals surface area contributed by atoms with Gasteiger partial charge < -0.3 is 64.2 Å². The van der Waals surface area contributed by atoms with E-state index < -0.39 is 77.8 Å². The maximum Gasteiger partial charge on any atom is 0.329 e. The summed E-state index contributed by atoms with van der Waals surface area (Å²) in [6, 6.07) is -0.885. The molecule has 1 unspecified atom stereocenters. The summed E-state index contributed by atoms with van der Waals surface area (Å²) < 4.78 is 39.7. The fourth-order valence-electron chi connectivity index (χ4n) is 11.3. The number of rotatable bonds is 16. The van der Waals surface area contributed by atoms with Gasteiger partial charge in [0.25, 0.3) is 11.7 Å². The summed E-state index contributed by atoms with van der Waals surface area (Å²) in [6.45, 7) is 22.1. The molecule has 15 atom stereocenters. The van der Waals surface area contributed by atoms with Crippen LogP contribution in [0.15, 0.2) is 47.6 Å². The van der Waals surface area contributed by atoms with Crippen molar-refractivity contribution in [3.8, 4) is 0 Å². The predicted octanol–water partition coefficient (Wildman–Crippen LogP) is 7.28. The van der Waals surface area contributed by atoms with Crippen LogP contribution in [0.1, 0.15) is 146 Å². The molecule has 2 bridgehead atoms. The molecule has 4 rings (SSSR count). The van der Waals surface area contributed by atoms with Crippen molar-refractivity contribution < 1.29 is 67.3 Å². The highest BCUT2D eigenvalue weighted by atomic mass is 16.6. The first-order valence-electron chi connectivity index (χ1n) is 30.2. The number of methoxy groups -OCH3 is 4. The number of carbonyl (C=O) groups excluding carboxylic acids is 5. The van der Waals surface area contributed by atoms with E-state index in [4.69, 9.17) is 33.2 Å². The number of cyclic esters (lactones) is 1. The Labute approximate surface area is 487 Å². The Kier molecular flexibility index (Phi) is 36.2. The summed E-state index contributed by atoms with van der Waals surface area (Å²) in [4.78, 5) is 72.2. The molecule has 2 saturated heterocycles. The van der Waals surface area contributed by atoms with Crippen molar-refractivity contribution in [3.63, 3.8) is 0 Å². The Morgan fingerprint density at radius 3 is 2.15 bits per heavy atom. The lowest BCUT2D eigenvalue weighted by atomic mass is 9.77. The molecule has 0 radical (unpaired) electrons. The van der Waals surface area contributed by atoms with Crippen LogP contribution >= 0.6 is 0 Å². The molecule has 0 aromatic carbocycles. The highest BCUT2D eigenvalue weighted by molar-refractivity contribution is 6.39. The zero-order valence-corrected chi connectivity index (χ0v) is 52.4. The summed E-state index contributed by atoms with van der Waals surface area (Å²) in [5.41, 5.74) is 1.29. The van der Waals surface area contributed by atoms with Gasteiger partial charge in [0.15, 0.2) is 5.78 Å². The summed E-state index contributed by atoms with van der Waals surface area (Å²) in [7, 11) is 10.2. The first kappa shape index (κ1) is 73.6. The van der Waals surface area contributed by atoms with Crippen molar-refractivity contribution >= 4 is 29.2 Å². The monoisotopic (exact) mass is 1150 g/mol. The van der Waals surface area contributed by atoms with E-state index in [0.717, 1.165) is 51.1 Å². The Balaban J connectivity index is 0.00000141. The summed E-state index contributed by atoms with van der Waals surface area (Å²) in [6.07, 6.45) is 14.5. The smallest absolute Gasteiger partial charge is 0.329 e. The zero-order valence-electron chi connectivity index (χ0n) is 52.4. The highest BCUT2D eigenvalue weighted by Crippen LogP contribution is 2.38. The average Bonchev–Trinajstić information content (AvgIpc) is 3.57. The molecular weight excluding hydrogens is 1040 g/mol. The van der Waals surface area contributed by atoms with Crippen molar-refractivity contribution in [1.29, 1.82) is 0 Å². The Morgan fingerprint density at radius 2 is 1.53 bits per heavy atom. The minimum Gasteiger partial charge on any atom is -0.460 e. The standard InChI is InChI=1S/C53H84N2O12.C6H15NO2.C4H11N/c1-12-54-41-24-22-39(29-46(41)64-10)28-35(5)45-31-43(56)34(4)27-37(7)48(58)49(65-11)47(57)36(6)26-32(2)18-14-13-15-19-33(3)44(63-9)30-40-23-21-38(8)53(62,67-40)50(59)51(60)55-25-17-16-20-42(55)52(61)66-45;1-7-3-4-9-6-5-8-2;1-3-4-5-2/h13-15,18-19,27,32,34-36,38-42,44-46,48-49,54,58,62H,12,16-17,20-26,28-31H2,1-11H3;7H,3-6H2,1-2H3;5H,3-4H2,1-2H3/b15-13+,18-14+,33-19+,37-27+;;/t32-,34-,35-,36-,38-,39+,40+,41-,42?,44+,45+,46-,48-,49+,53-;;/m1../s1. The number of allylic oxidation sites excluding steroid dienone is 6. The lowest BCUT2D eigenvalue weighted by Crippen LogP contribution is -2.61. The second-order valence-electron chi connectivity index (χ2n) is 23.0. The van der Waals surface area contributed by atoms with E-state index in [1.54, 1.807) is 48.2 Å². The number of ether oxygens (including phenoxy) is 7. The molecular formula is C63H110N4O14. The van der Waals surface area contributed by atoms with Gasteiger partial charge in [-0.25, -0.2) is 4.79 Å². The molecule has 3 aliphatic heterocycles. The van der Waals surface area contributed by atoms with E-state index in [1.807, 2.05) is 72.2 Å². The van der Waals surface area contributed by atoms with Crippen LogP contribution in [0.3, 0.4) is 0 Å². The van der Waals surface area contributed by atoms with Gasteiger partial charge >= 0.3 is 5.97 Å². The van der Waals surface area contributed by atoms with Gasteiger partial charge in [0.1, 0.15) is 30.1 Å². The van der Waals surface area contributed by atoms with Crippen LogP contribution in [-0.2, 0) is 57.1 Å². The van der Waals surface area contributed by atoms with E-state index >= 15 is 0 Å². The SMILES string of the molecule is CCCNC.CCN[C@@H]1CC[C@@H](C[C@@H](C)[C@@H]2CC(=O)[C@H](C)/C=C(\C)[C@@H](O)[C@@H](OC)C(=O)[C@H](C)C[C@H](C)/C=C/C=C/C=C(\C)[C@@H](OC)C[C@@H]3CC[C@@H](C)[C@@](O)(O3)C(=O)C(=O)N3CCCCC3C(=O)O2)C[C@H]1OC.CNCCOCCOC. The van der Waals surface area contributed by atoms with Gasteiger partial charge in [-0.1, -0.05) is 84.9 Å². The van der Waals surface area contributed by atoms with Gasteiger partial charge in [-0.3, -0.25) is 19.2 Å². The van der Waals surface area contributed by atoms with Crippen LogP contribution in [0.5, 0.6) is 0 Å². The lowest BCUT2D eigenvalue weighted by Gasteiger charge is -2.42. The number of nitrogens with one attached hydrogen (secondary N) is 3. The van der Waals surface area contributed by atoms with Gasteiger partial charge in [-0.2, -0.15) is 0 Å². The molecule has 3 heterocycles. The van der Waals surface area contributed by atoms with Gasteiger partial charge in [0.2, 0.25) is 5.79 Å². The molecule has 18 heteroatoms. The normalized spacial score (nSPS) is 34.4. The minimum atomic E-state index is -2.42. The molecule has 0 spiro atoms. The van der Waals surface area contributed by atoms with Crippen LogP contribution in [0.4, 0.5) is 0 Å². The number of fused-ring (bicyclic) bond motifs is 3. The zero-order chi connectivity index (χ0) is 60.7. The average molecular weight is 1150 g/mol. The van der Waals surface area contributed by atoms with E-state index in [-0.39, 0.29) is 60.9 Å². The van der Waals surface area contributed by atoms with Gasteiger partial charge in [-0.05, 0) is 141 Å². The maximum absolute atomic E-state index is 14.5. The third kappa shape index (κ3) is 24.5. The second kappa shape index (κ2) is 39.9. The molecule has 1 saturated carbocycles. The minimum absolute atomic E-state index is 0.00877. The molecule has 3 fully saturated rings. The van der Waals surface area contributed by atoms with Crippen molar-refractivity contribution in [1.82, 2.24) is 20.9 Å². The predicted molar refractivity (Wildman–Crippen MR) is 317 cm³/mol. The number of hydrogen-bond donors (Lipinski definition) is 5. The molecule has 0 aromatic heterocycles. The Morgan fingerprint density at radius 1 is 0.815 bits per heavy atom. The van der Waals surface area contributed by atoms with Gasteiger partial charge in [0.05, 0.1) is 38.1 Å². The van der Waals surface area contributed by atoms with Crippen LogP contribution < -0.4 is 16.0 Å². The quantitative estimate of drug-likeness (QED) is 0.0442. The Hall–Kier alpha value is -3.53. The second-order valence-corrected chi connectivity index (χ2v) is 23.0. The molecule has 5 N–H and O–H groups in total.